The number of hydrogen-bond donors (Lipinski definition) is 1. The molecule has 74 valence electrons. The summed E-state index contributed by atoms with van der Waals surface area (Å²) in [5.74, 6) is 0.0770. The van der Waals surface area contributed by atoms with Crippen molar-refractivity contribution < 1.29 is 8.81 Å². The van der Waals surface area contributed by atoms with Gasteiger partial charge in [0.15, 0.2) is 5.58 Å². The van der Waals surface area contributed by atoms with Crippen LogP contribution in [0.1, 0.15) is 19.7 Å². The molecule has 2 aromatic rings. The lowest BCUT2D eigenvalue weighted by atomic mass is 10.1. The highest BCUT2D eigenvalue weighted by atomic mass is 19.1. The molecule has 1 heterocycles. The molecule has 4 heteroatoms. The van der Waals surface area contributed by atoms with Crippen LogP contribution in [-0.2, 0) is 5.54 Å². The molecule has 2 rings (SSSR count). The van der Waals surface area contributed by atoms with Crippen molar-refractivity contribution in [2.75, 3.05) is 0 Å². The Kier molecular flexibility index (Phi) is 1.82. The van der Waals surface area contributed by atoms with Gasteiger partial charge in [-0.2, -0.15) is 0 Å². The predicted octanol–water partition coefficient (Wildman–Crippen LogP) is 2.16. The molecule has 3 nitrogen and oxygen atoms in total. The van der Waals surface area contributed by atoms with E-state index in [4.69, 9.17) is 10.2 Å². The van der Waals surface area contributed by atoms with Gasteiger partial charge in [-0.3, -0.25) is 0 Å². The fourth-order valence-electron chi connectivity index (χ4n) is 1.17. The molecule has 0 aliphatic rings. The Morgan fingerprint density at radius 3 is 2.79 bits per heavy atom. The molecule has 0 radical (unpaired) electrons. The molecule has 0 amide bonds. The maximum atomic E-state index is 12.8. The van der Waals surface area contributed by atoms with Crippen LogP contribution in [-0.4, -0.2) is 4.98 Å². The normalized spacial score (nSPS) is 12.3. The molecule has 0 atom stereocenters. The van der Waals surface area contributed by atoms with E-state index in [9.17, 15) is 4.39 Å². The molecule has 14 heavy (non-hydrogen) atoms. The average molecular weight is 194 g/mol. The maximum Gasteiger partial charge on any atom is 0.215 e. The van der Waals surface area contributed by atoms with E-state index in [2.05, 4.69) is 4.98 Å². The van der Waals surface area contributed by atoms with Gasteiger partial charge in [-0.1, -0.05) is 0 Å². The van der Waals surface area contributed by atoms with Crippen LogP contribution in [0.4, 0.5) is 4.39 Å². The number of fused-ring (bicyclic) bond motifs is 1. The van der Waals surface area contributed by atoms with E-state index in [1.54, 1.807) is 19.9 Å². The summed E-state index contributed by atoms with van der Waals surface area (Å²) in [5.41, 5.74) is 6.22. The van der Waals surface area contributed by atoms with E-state index in [0.717, 1.165) is 0 Å². The Morgan fingerprint density at radius 2 is 2.14 bits per heavy atom. The molecule has 0 aliphatic heterocycles. The van der Waals surface area contributed by atoms with Gasteiger partial charge in [-0.15, -0.1) is 0 Å². The van der Waals surface area contributed by atoms with Crippen molar-refractivity contribution in [3.63, 3.8) is 0 Å². The first-order chi connectivity index (χ1) is 6.47. The lowest BCUT2D eigenvalue weighted by molar-refractivity contribution is 0.394. The zero-order valence-electron chi connectivity index (χ0n) is 8.04. The zero-order valence-corrected chi connectivity index (χ0v) is 8.04. The van der Waals surface area contributed by atoms with Gasteiger partial charge >= 0.3 is 0 Å². The van der Waals surface area contributed by atoms with Crippen molar-refractivity contribution in [3.05, 3.63) is 29.9 Å². The van der Waals surface area contributed by atoms with Crippen LogP contribution in [0.5, 0.6) is 0 Å². The van der Waals surface area contributed by atoms with Crippen LogP contribution in [0.25, 0.3) is 11.1 Å². The summed E-state index contributed by atoms with van der Waals surface area (Å²) >= 11 is 0. The van der Waals surface area contributed by atoms with Crippen LogP contribution in [0.15, 0.2) is 22.6 Å². The number of benzene rings is 1. The Labute approximate surface area is 80.7 Å². The van der Waals surface area contributed by atoms with Crippen LogP contribution < -0.4 is 5.73 Å². The topological polar surface area (TPSA) is 52.0 Å². The third kappa shape index (κ3) is 1.48. The van der Waals surface area contributed by atoms with E-state index in [0.29, 0.717) is 17.0 Å². The first-order valence-corrected chi connectivity index (χ1v) is 4.32. The quantitative estimate of drug-likeness (QED) is 0.756. The lowest BCUT2D eigenvalue weighted by Crippen LogP contribution is -2.28. The number of oxazole rings is 1. The fourth-order valence-corrected chi connectivity index (χ4v) is 1.17. The second kappa shape index (κ2) is 2.78. The van der Waals surface area contributed by atoms with Gasteiger partial charge in [0.2, 0.25) is 5.89 Å². The molecule has 0 bridgehead atoms. The van der Waals surface area contributed by atoms with Crippen molar-refractivity contribution in [2.45, 2.75) is 19.4 Å². The highest BCUT2D eigenvalue weighted by Gasteiger charge is 2.21. The highest BCUT2D eigenvalue weighted by Crippen LogP contribution is 2.22. The van der Waals surface area contributed by atoms with E-state index in [1.165, 1.54) is 12.1 Å². The standard InChI is InChI=1S/C10H11FN2O/c1-10(2,12)9-13-7-4-3-6(11)5-8(7)14-9/h3-5H,12H2,1-2H3. The van der Waals surface area contributed by atoms with Crippen LogP contribution in [0.3, 0.4) is 0 Å². The van der Waals surface area contributed by atoms with Gasteiger partial charge in [-0.25, -0.2) is 9.37 Å². The number of hydrogen-bond acceptors (Lipinski definition) is 3. The molecule has 0 saturated carbocycles. The monoisotopic (exact) mass is 194 g/mol. The second-order valence-corrected chi connectivity index (χ2v) is 3.85. The molecule has 1 aromatic carbocycles. The third-order valence-corrected chi connectivity index (χ3v) is 1.90. The largest absolute Gasteiger partial charge is 0.439 e. The third-order valence-electron chi connectivity index (χ3n) is 1.90. The second-order valence-electron chi connectivity index (χ2n) is 3.85. The van der Waals surface area contributed by atoms with Gasteiger partial charge in [0, 0.05) is 6.07 Å². The summed E-state index contributed by atoms with van der Waals surface area (Å²) in [7, 11) is 0. The summed E-state index contributed by atoms with van der Waals surface area (Å²) in [4.78, 5) is 4.17. The SMILES string of the molecule is CC(C)(N)c1nc2ccc(F)cc2o1. The average Bonchev–Trinajstić information content (AvgIpc) is 2.45. The number of rotatable bonds is 1. The Balaban J connectivity index is 2.63. The highest BCUT2D eigenvalue weighted by molar-refractivity contribution is 5.72. The van der Waals surface area contributed by atoms with E-state index in [1.807, 2.05) is 0 Å². The smallest absolute Gasteiger partial charge is 0.215 e. The molecule has 0 saturated heterocycles. The summed E-state index contributed by atoms with van der Waals surface area (Å²) < 4.78 is 18.2. The zero-order chi connectivity index (χ0) is 10.3. The summed E-state index contributed by atoms with van der Waals surface area (Å²) in [6.45, 7) is 3.57. The molecular formula is C10H11FN2O. The summed E-state index contributed by atoms with van der Waals surface area (Å²) in [5, 5.41) is 0. The van der Waals surface area contributed by atoms with Crippen LogP contribution >= 0.6 is 0 Å². The molecule has 0 unspecified atom stereocenters. The van der Waals surface area contributed by atoms with E-state index in [-0.39, 0.29) is 5.82 Å². The fraction of sp³-hybridized carbons (Fsp3) is 0.300. The first kappa shape index (κ1) is 9.15. The number of halogens is 1. The minimum Gasteiger partial charge on any atom is -0.439 e. The van der Waals surface area contributed by atoms with Gasteiger partial charge in [0.25, 0.3) is 0 Å². The molecule has 0 spiro atoms. The van der Waals surface area contributed by atoms with Gasteiger partial charge in [-0.05, 0) is 26.0 Å². The first-order valence-electron chi connectivity index (χ1n) is 4.32. The van der Waals surface area contributed by atoms with Crippen LogP contribution in [0.2, 0.25) is 0 Å². The maximum absolute atomic E-state index is 12.8. The minimum atomic E-state index is -0.643. The minimum absolute atomic E-state index is 0.338. The van der Waals surface area contributed by atoms with Crippen molar-refractivity contribution in [2.24, 2.45) is 5.73 Å². The van der Waals surface area contributed by atoms with Crippen LogP contribution in [0, 0.1) is 5.82 Å². The Bertz CT molecular complexity index is 470. The van der Waals surface area contributed by atoms with Crippen molar-refractivity contribution in [3.8, 4) is 0 Å². The Morgan fingerprint density at radius 1 is 1.43 bits per heavy atom. The molecular weight excluding hydrogens is 183 g/mol. The molecule has 0 aliphatic carbocycles. The number of nitrogens with zero attached hydrogens (tertiary/aromatic N) is 1. The van der Waals surface area contributed by atoms with Crippen molar-refractivity contribution >= 4 is 11.1 Å². The number of nitrogens with two attached hydrogens (primary N) is 1. The van der Waals surface area contributed by atoms with Gasteiger partial charge < -0.3 is 10.2 Å². The molecule has 2 N–H and O–H groups in total. The molecule has 0 fully saturated rings. The van der Waals surface area contributed by atoms with Gasteiger partial charge in [0.1, 0.15) is 11.3 Å². The van der Waals surface area contributed by atoms with E-state index < -0.39 is 5.54 Å². The lowest BCUT2D eigenvalue weighted by Gasteiger charge is -2.11. The number of aromatic nitrogens is 1. The summed E-state index contributed by atoms with van der Waals surface area (Å²) in [6.07, 6.45) is 0. The van der Waals surface area contributed by atoms with Crippen molar-refractivity contribution in [1.82, 2.24) is 4.98 Å². The van der Waals surface area contributed by atoms with Crippen molar-refractivity contribution in [1.29, 1.82) is 0 Å². The molecule has 1 aromatic heterocycles. The predicted molar refractivity (Wildman–Crippen MR) is 51.2 cm³/mol. The van der Waals surface area contributed by atoms with Gasteiger partial charge in [0.05, 0.1) is 5.54 Å². The Hall–Kier alpha value is -1.42. The van der Waals surface area contributed by atoms with E-state index >= 15 is 0 Å². The summed E-state index contributed by atoms with van der Waals surface area (Å²) in [6, 6.07) is 4.22.